The van der Waals surface area contributed by atoms with Gasteiger partial charge in [-0.25, -0.2) is 0 Å². The molecule has 0 spiro atoms. The van der Waals surface area contributed by atoms with Crippen LogP contribution in [0.5, 0.6) is 0 Å². The molecule has 5 heteroatoms. The number of carbonyl (C=O) groups is 1. The van der Waals surface area contributed by atoms with Gasteiger partial charge in [0, 0.05) is 13.0 Å². The van der Waals surface area contributed by atoms with Crippen molar-refractivity contribution < 1.29 is 9.90 Å². The fraction of sp³-hybridized carbons (Fsp3) is 0.923. The van der Waals surface area contributed by atoms with E-state index in [1.165, 1.54) is 25.7 Å². The Morgan fingerprint density at radius 1 is 1.28 bits per heavy atom. The van der Waals surface area contributed by atoms with E-state index in [0.29, 0.717) is 13.0 Å². The number of amides is 1. The molecule has 2 rings (SSSR count). The highest BCUT2D eigenvalue weighted by atomic mass is 35.5. The Morgan fingerprint density at radius 3 is 2.67 bits per heavy atom. The summed E-state index contributed by atoms with van der Waals surface area (Å²) in [5, 5.41) is 15.8. The van der Waals surface area contributed by atoms with Crippen molar-refractivity contribution in [1.82, 2.24) is 10.6 Å². The Hall–Kier alpha value is -0.320. The number of rotatable bonds is 4. The molecule has 1 aliphatic heterocycles. The van der Waals surface area contributed by atoms with Gasteiger partial charge in [-0.15, -0.1) is 12.4 Å². The van der Waals surface area contributed by atoms with Crippen LogP contribution in [0.3, 0.4) is 0 Å². The van der Waals surface area contributed by atoms with Crippen molar-refractivity contribution in [2.75, 3.05) is 13.1 Å². The molecule has 106 valence electrons. The third-order valence-corrected chi connectivity index (χ3v) is 4.05. The third-order valence-electron chi connectivity index (χ3n) is 4.05. The molecule has 0 aromatic rings. The van der Waals surface area contributed by atoms with Gasteiger partial charge in [-0.2, -0.15) is 0 Å². The van der Waals surface area contributed by atoms with E-state index in [1.54, 1.807) is 0 Å². The number of hydrogen-bond donors (Lipinski definition) is 3. The molecule has 1 heterocycles. The zero-order chi connectivity index (χ0) is 12.1. The first-order valence-electron chi connectivity index (χ1n) is 6.94. The van der Waals surface area contributed by atoms with Crippen molar-refractivity contribution in [1.29, 1.82) is 0 Å². The Balaban J connectivity index is 0.00000162. The normalized spacial score (nSPS) is 28.7. The average molecular weight is 277 g/mol. The monoisotopic (exact) mass is 276 g/mol. The van der Waals surface area contributed by atoms with Crippen LogP contribution in [0.1, 0.15) is 44.9 Å². The first kappa shape index (κ1) is 15.7. The van der Waals surface area contributed by atoms with Gasteiger partial charge in [0.15, 0.2) is 0 Å². The summed E-state index contributed by atoms with van der Waals surface area (Å²) in [7, 11) is 0. The lowest BCUT2D eigenvalue weighted by molar-refractivity contribution is -0.123. The number of aliphatic hydroxyl groups is 1. The summed E-state index contributed by atoms with van der Waals surface area (Å²) >= 11 is 0. The fourth-order valence-electron chi connectivity index (χ4n) is 2.92. The summed E-state index contributed by atoms with van der Waals surface area (Å²) in [6, 6.07) is -0.0488. The molecular formula is C13H25ClN2O2. The number of β-amino-alcohol motifs (C(OH)–C–C–N with tert-alkyl or cyclic N) is 1. The van der Waals surface area contributed by atoms with Crippen LogP contribution >= 0.6 is 12.4 Å². The molecule has 0 radical (unpaired) electrons. The number of piperidine rings is 1. The van der Waals surface area contributed by atoms with Gasteiger partial charge >= 0.3 is 0 Å². The second-order valence-corrected chi connectivity index (χ2v) is 5.42. The van der Waals surface area contributed by atoms with E-state index in [-0.39, 0.29) is 24.4 Å². The summed E-state index contributed by atoms with van der Waals surface area (Å²) < 4.78 is 0. The molecule has 2 fully saturated rings. The summed E-state index contributed by atoms with van der Waals surface area (Å²) in [5.74, 6) is 0.876. The predicted octanol–water partition coefficient (Wildman–Crippen LogP) is 1.22. The van der Waals surface area contributed by atoms with Crippen molar-refractivity contribution in [3.8, 4) is 0 Å². The van der Waals surface area contributed by atoms with Crippen LogP contribution in [-0.2, 0) is 4.79 Å². The molecule has 0 aromatic heterocycles. The van der Waals surface area contributed by atoms with Crippen LogP contribution in [0, 0.1) is 5.92 Å². The van der Waals surface area contributed by atoms with E-state index in [0.717, 1.165) is 25.3 Å². The SMILES string of the molecule is Cl.O=C(CCC1CCCC1)N[C@@H]1CCNC[C@H]1O. The smallest absolute Gasteiger partial charge is 0.220 e. The summed E-state index contributed by atoms with van der Waals surface area (Å²) in [6.45, 7) is 1.47. The van der Waals surface area contributed by atoms with E-state index in [2.05, 4.69) is 10.6 Å². The molecule has 2 aliphatic rings. The van der Waals surface area contributed by atoms with Gasteiger partial charge in [0.25, 0.3) is 0 Å². The molecule has 0 aromatic carbocycles. The lowest BCUT2D eigenvalue weighted by Crippen LogP contribution is -2.52. The summed E-state index contributed by atoms with van der Waals surface area (Å²) in [4.78, 5) is 11.8. The largest absolute Gasteiger partial charge is 0.390 e. The first-order valence-corrected chi connectivity index (χ1v) is 6.94. The molecule has 1 amide bonds. The molecule has 18 heavy (non-hydrogen) atoms. The molecule has 0 bridgehead atoms. The van der Waals surface area contributed by atoms with Crippen molar-refractivity contribution >= 4 is 18.3 Å². The van der Waals surface area contributed by atoms with Crippen LogP contribution in [0.4, 0.5) is 0 Å². The number of halogens is 1. The molecule has 4 nitrogen and oxygen atoms in total. The van der Waals surface area contributed by atoms with Crippen LogP contribution in [0.25, 0.3) is 0 Å². The molecule has 1 saturated carbocycles. The van der Waals surface area contributed by atoms with E-state index in [1.807, 2.05) is 0 Å². The second kappa shape index (κ2) is 7.97. The minimum Gasteiger partial charge on any atom is -0.390 e. The highest BCUT2D eigenvalue weighted by molar-refractivity contribution is 5.85. The van der Waals surface area contributed by atoms with Crippen molar-refractivity contribution in [3.05, 3.63) is 0 Å². The number of aliphatic hydroxyl groups excluding tert-OH is 1. The summed E-state index contributed by atoms with van der Waals surface area (Å²) in [6.07, 6.45) is 7.30. The number of nitrogens with one attached hydrogen (secondary N) is 2. The lowest BCUT2D eigenvalue weighted by Gasteiger charge is -2.29. The van der Waals surface area contributed by atoms with E-state index < -0.39 is 6.10 Å². The molecule has 1 aliphatic carbocycles. The number of hydrogen-bond acceptors (Lipinski definition) is 3. The highest BCUT2D eigenvalue weighted by Gasteiger charge is 2.24. The van der Waals surface area contributed by atoms with Gasteiger partial charge < -0.3 is 15.7 Å². The molecule has 1 saturated heterocycles. The Labute approximate surface area is 115 Å². The highest BCUT2D eigenvalue weighted by Crippen LogP contribution is 2.28. The number of carbonyl (C=O) groups excluding carboxylic acids is 1. The maximum Gasteiger partial charge on any atom is 0.220 e. The van der Waals surface area contributed by atoms with Gasteiger partial charge in [-0.05, 0) is 25.3 Å². The van der Waals surface area contributed by atoms with Crippen LogP contribution in [0.15, 0.2) is 0 Å². The van der Waals surface area contributed by atoms with Gasteiger partial charge in [0.2, 0.25) is 5.91 Å². The van der Waals surface area contributed by atoms with Crippen molar-refractivity contribution in [3.63, 3.8) is 0 Å². The van der Waals surface area contributed by atoms with Crippen LogP contribution in [-0.4, -0.2) is 36.2 Å². The first-order chi connectivity index (χ1) is 8.25. The minimum absolute atomic E-state index is 0. The average Bonchev–Trinajstić information content (AvgIpc) is 2.82. The maximum absolute atomic E-state index is 11.8. The quantitative estimate of drug-likeness (QED) is 0.724. The maximum atomic E-state index is 11.8. The Kier molecular flexibility index (Phi) is 6.97. The Bertz CT molecular complexity index is 257. The van der Waals surface area contributed by atoms with E-state index >= 15 is 0 Å². The van der Waals surface area contributed by atoms with Crippen LogP contribution in [0.2, 0.25) is 0 Å². The molecule has 2 atom stereocenters. The molecule has 0 unspecified atom stereocenters. The molecule has 3 N–H and O–H groups in total. The minimum atomic E-state index is -0.431. The third kappa shape index (κ3) is 4.75. The molecular weight excluding hydrogens is 252 g/mol. The zero-order valence-electron chi connectivity index (χ0n) is 10.9. The van der Waals surface area contributed by atoms with Crippen molar-refractivity contribution in [2.24, 2.45) is 5.92 Å². The van der Waals surface area contributed by atoms with Crippen LogP contribution < -0.4 is 10.6 Å². The van der Waals surface area contributed by atoms with E-state index in [4.69, 9.17) is 0 Å². The topological polar surface area (TPSA) is 61.4 Å². The Morgan fingerprint density at radius 2 is 2.00 bits per heavy atom. The lowest BCUT2D eigenvalue weighted by atomic mass is 10.0. The summed E-state index contributed by atoms with van der Waals surface area (Å²) in [5.41, 5.74) is 0. The fourth-order valence-corrected chi connectivity index (χ4v) is 2.92. The standard InChI is InChI=1S/C13H24N2O2.ClH/c16-12-9-14-8-7-11(12)15-13(17)6-5-10-3-1-2-4-10;/h10-12,14,16H,1-9H2,(H,15,17);1H/t11-,12-;/m1./s1. The zero-order valence-corrected chi connectivity index (χ0v) is 11.7. The van der Waals surface area contributed by atoms with Gasteiger partial charge in [-0.1, -0.05) is 25.7 Å². The van der Waals surface area contributed by atoms with Gasteiger partial charge in [-0.3, -0.25) is 4.79 Å². The van der Waals surface area contributed by atoms with Gasteiger partial charge in [0.05, 0.1) is 12.1 Å². The van der Waals surface area contributed by atoms with E-state index in [9.17, 15) is 9.90 Å². The predicted molar refractivity (Wildman–Crippen MR) is 73.9 cm³/mol. The van der Waals surface area contributed by atoms with Crippen molar-refractivity contribution in [2.45, 2.75) is 57.1 Å². The van der Waals surface area contributed by atoms with Gasteiger partial charge in [0.1, 0.15) is 0 Å². The second-order valence-electron chi connectivity index (χ2n) is 5.42.